The third kappa shape index (κ3) is 6.27. The summed E-state index contributed by atoms with van der Waals surface area (Å²) in [5, 5.41) is 3.20. The number of rotatable bonds is 7. The van der Waals surface area contributed by atoms with E-state index in [1.54, 1.807) is 17.0 Å². The molecule has 1 aromatic rings. The van der Waals surface area contributed by atoms with E-state index in [1.807, 2.05) is 20.8 Å². The summed E-state index contributed by atoms with van der Waals surface area (Å²) in [4.78, 5) is 13.9. The molecule has 0 aliphatic rings. The van der Waals surface area contributed by atoms with Gasteiger partial charge >= 0.3 is 16.1 Å². The predicted molar refractivity (Wildman–Crippen MR) is 91.3 cm³/mol. The van der Waals surface area contributed by atoms with Gasteiger partial charge in [0.1, 0.15) is 5.75 Å². The van der Waals surface area contributed by atoms with Crippen molar-refractivity contribution in [3.63, 3.8) is 0 Å². The molecule has 8 heteroatoms. The number of halogens is 1. The molecule has 1 rings (SSSR count). The van der Waals surface area contributed by atoms with Gasteiger partial charge in [0.05, 0.1) is 12.8 Å². The lowest BCUT2D eigenvalue weighted by molar-refractivity contribution is 0.173. The second-order valence-electron chi connectivity index (χ2n) is 5.26. The van der Waals surface area contributed by atoms with Crippen LogP contribution in [-0.4, -0.2) is 38.2 Å². The molecule has 6 nitrogen and oxygen atoms in total. The zero-order valence-electron chi connectivity index (χ0n) is 13.8. The van der Waals surface area contributed by atoms with Gasteiger partial charge in [-0.1, -0.05) is 18.5 Å². The molecule has 0 unspecified atom stereocenters. The van der Waals surface area contributed by atoms with Gasteiger partial charge in [-0.05, 0) is 38.5 Å². The Morgan fingerprint density at radius 2 is 2.04 bits per heavy atom. The summed E-state index contributed by atoms with van der Waals surface area (Å²) in [6, 6.07) is 4.41. The Kier molecular flexibility index (Phi) is 7.15. The van der Waals surface area contributed by atoms with Gasteiger partial charge in [0.2, 0.25) is 0 Å². The van der Waals surface area contributed by atoms with E-state index >= 15 is 0 Å². The quantitative estimate of drug-likeness (QED) is 0.756. The van der Waals surface area contributed by atoms with Crippen LogP contribution >= 0.6 is 11.6 Å². The minimum atomic E-state index is -3.67. The maximum absolute atomic E-state index is 12.3. The number of urea groups is 1. The SMILES string of the molecule is CCNC(=O)N(Cc1cc(Cl)ccc1OS(C)(=O)=O)[C@@H](C)CC. The van der Waals surface area contributed by atoms with Gasteiger partial charge in [0.15, 0.2) is 0 Å². The van der Waals surface area contributed by atoms with Crippen LogP contribution < -0.4 is 9.50 Å². The standard InChI is InChI=1S/C15H23ClN2O4S/c1-5-11(3)18(15(19)17-6-2)10-12-9-13(16)7-8-14(12)22-23(4,20)21/h7-9,11H,5-6,10H2,1-4H3,(H,17,19)/t11-/m0/s1. The van der Waals surface area contributed by atoms with Crippen molar-refractivity contribution in [2.24, 2.45) is 0 Å². The first-order valence-corrected chi connectivity index (χ1v) is 9.59. The molecule has 0 fully saturated rings. The highest BCUT2D eigenvalue weighted by molar-refractivity contribution is 7.86. The maximum Gasteiger partial charge on any atom is 0.317 e. The zero-order valence-corrected chi connectivity index (χ0v) is 15.4. The van der Waals surface area contributed by atoms with Gasteiger partial charge in [-0.3, -0.25) is 0 Å². The summed E-state index contributed by atoms with van der Waals surface area (Å²) in [5.74, 6) is 0.175. The second-order valence-corrected chi connectivity index (χ2v) is 7.27. The molecule has 1 aromatic carbocycles. The third-order valence-corrected chi connectivity index (χ3v) is 4.03. The summed E-state index contributed by atoms with van der Waals surface area (Å²) in [7, 11) is -3.67. The van der Waals surface area contributed by atoms with E-state index in [-0.39, 0.29) is 24.4 Å². The molecule has 0 spiro atoms. The average molecular weight is 363 g/mol. The summed E-state index contributed by atoms with van der Waals surface area (Å²) < 4.78 is 27.8. The van der Waals surface area contributed by atoms with Crippen molar-refractivity contribution in [2.75, 3.05) is 12.8 Å². The van der Waals surface area contributed by atoms with Crippen LogP contribution in [0, 0.1) is 0 Å². The van der Waals surface area contributed by atoms with Crippen LogP contribution in [-0.2, 0) is 16.7 Å². The minimum Gasteiger partial charge on any atom is -0.382 e. The zero-order chi connectivity index (χ0) is 17.6. The molecule has 0 bridgehead atoms. The van der Waals surface area contributed by atoms with Crippen LogP contribution in [0.4, 0.5) is 4.79 Å². The second kappa shape index (κ2) is 8.40. The summed E-state index contributed by atoms with van der Waals surface area (Å²) in [6.07, 6.45) is 1.74. The van der Waals surface area contributed by atoms with E-state index in [1.165, 1.54) is 6.07 Å². The van der Waals surface area contributed by atoms with Crippen LogP contribution in [0.2, 0.25) is 5.02 Å². The number of carbonyl (C=O) groups is 1. The van der Waals surface area contributed by atoms with E-state index in [0.717, 1.165) is 12.7 Å². The molecule has 0 heterocycles. The lowest BCUT2D eigenvalue weighted by Gasteiger charge is -2.29. The molecule has 130 valence electrons. The highest BCUT2D eigenvalue weighted by atomic mass is 35.5. The highest BCUT2D eigenvalue weighted by Crippen LogP contribution is 2.26. The number of nitrogens with zero attached hydrogens (tertiary/aromatic N) is 1. The summed E-state index contributed by atoms with van der Waals surface area (Å²) in [5.41, 5.74) is 0.537. The predicted octanol–water partition coefficient (Wildman–Crippen LogP) is 3.01. The van der Waals surface area contributed by atoms with Crippen molar-refractivity contribution in [3.8, 4) is 5.75 Å². The van der Waals surface area contributed by atoms with E-state index in [9.17, 15) is 13.2 Å². The Balaban J connectivity index is 3.16. The molecule has 0 aromatic heterocycles. The molecule has 0 saturated heterocycles. The number of nitrogens with one attached hydrogen (secondary N) is 1. The van der Waals surface area contributed by atoms with Crippen LogP contribution in [0.3, 0.4) is 0 Å². The molecule has 0 radical (unpaired) electrons. The van der Waals surface area contributed by atoms with Crippen LogP contribution in [0.1, 0.15) is 32.8 Å². The first-order valence-electron chi connectivity index (χ1n) is 7.40. The van der Waals surface area contributed by atoms with Crippen LogP contribution in [0.15, 0.2) is 18.2 Å². The number of benzene rings is 1. The fourth-order valence-corrected chi connectivity index (χ4v) is 2.68. The Morgan fingerprint density at radius 1 is 1.39 bits per heavy atom. The summed E-state index contributed by atoms with van der Waals surface area (Å²) in [6.45, 7) is 6.45. The maximum atomic E-state index is 12.3. The molecule has 1 N–H and O–H groups in total. The molecule has 2 amide bonds. The van der Waals surface area contributed by atoms with E-state index in [4.69, 9.17) is 15.8 Å². The largest absolute Gasteiger partial charge is 0.382 e. The van der Waals surface area contributed by atoms with Crippen molar-refractivity contribution < 1.29 is 17.4 Å². The van der Waals surface area contributed by atoms with E-state index in [2.05, 4.69) is 5.32 Å². The van der Waals surface area contributed by atoms with Crippen molar-refractivity contribution in [2.45, 2.75) is 39.8 Å². The Hall–Kier alpha value is -1.47. The van der Waals surface area contributed by atoms with Gasteiger partial charge in [0, 0.05) is 23.2 Å². The normalized spacial score (nSPS) is 12.6. The van der Waals surface area contributed by atoms with Gasteiger partial charge in [-0.25, -0.2) is 4.79 Å². The van der Waals surface area contributed by atoms with Crippen molar-refractivity contribution in [1.82, 2.24) is 10.2 Å². The Morgan fingerprint density at radius 3 is 2.57 bits per heavy atom. The number of amides is 2. The van der Waals surface area contributed by atoms with Crippen LogP contribution in [0.25, 0.3) is 0 Å². The first kappa shape index (κ1) is 19.6. The van der Waals surface area contributed by atoms with Crippen LogP contribution in [0.5, 0.6) is 5.75 Å². The number of carbonyl (C=O) groups excluding carboxylic acids is 1. The molecule has 23 heavy (non-hydrogen) atoms. The van der Waals surface area contributed by atoms with E-state index < -0.39 is 10.1 Å². The molecular formula is C15H23ClN2O4S. The lowest BCUT2D eigenvalue weighted by atomic mass is 10.1. The highest BCUT2D eigenvalue weighted by Gasteiger charge is 2.21. The van der Waals surface area contributed by atoms with Gasteiger partial charge in [0.25, 0.3) is 0 Å². The summed E-state index contributed by atoms with van der Waals surface area (Å²) >= 11 is 6.00. The van der Waals surface area contributed by atoms with Gasteiger partial charge in [-0.15, -0.1) is 0 Å². The molecule has 0 aliphatic carbocycles. The molecule has 1 atom stereocenters. The van der Waals surface area contributed by atoms with Crippen molar-refractivity contribution >= 4 is 27.8 Å². The fraction of sp³-hybridized carbons (Fsp3) is 0.533. The van der Waals surface area contributed by atoms with Crippen molar-refractivity contribution in [1.29, 1.82) is 0 Å². The lowest BCUT2D eigenvalue weighted by Crippen LogP contribution is -2.44. The average Bonchev–Trinajstić information content (AvgIpc) is 2.45. The first-order chi connectivity index (χ1) is 10.7. The fourth-order valence-electron chi connectivity index (χ4n) is 2.00. The molecular weight excluding hydrogens is 340 g/mol. The van der Waals surface area contributed by atoms with E-state index in [0.29, 0.717) is 17.1 Å². The number of hydrogen-bond donors (Lipinski definition) is 1. The minimum absolute atomic E-state index is 0.0217. The van der Waals surface area contributed by atoms with Gasteiger partial charge < -0.3 is 14.4 Å². The molecule has 0 aliphatic heterocycles. The molecule has 0 saturated carbocycles. The topological polar surface area (TPSA) is 75.7 Å². The van der Waals surface area contributed by atoms with Crippen molar-refractivity contribution in [3.05, 3.63) is 28.8 Å². The monoisotopic (exact) mass is 362 g/mol. The Labute approximate surface area is 142 Å². The van der Waals surface area contributed by atoms with Gasteiger partial charge in [-0.2, -0.15) is 8.42 Å². The smallest absolute Gasteiger partial charge is 0.317 e. The number of hydrogen-bond acceptors (Lipinski definition) is 4. The third-order valence-electron chi connectivity index (χ3n) is 3.32. The Bertz CT molecular complexity index is 649.